The standard InChI is InChI=1S/C22H25ClN6/c1-16-5-3-4-6-20(16)26-21-19(23)15-24-22(27-21)25-17-7-9-18(10-8-17)29-13-11-28(2)12-14-29/h3-10,15H,11-14H2,1-2H3,(H2,24,25,26,27). The zero-order valence-electron chi connectivity index (χ0n) is 16.7. The number of piperazine rings is 1. The zero-order valence-corrected chi connectivity index (χ0v) is 17.4. The number of para-hydroxylation sites is 1. The molecule has 29 heavy (non-hydrogen) atoms. The lowest BCUT2D eigenvalue weighted by Crippen LogP contribution is -2.44. The number of likely N-dealkylation sites (N-methyl/N-ethyl adjacent to an activating group) is 1. The molecule has 1 aliphatic heterocycles. The van der Waals surface area contributed by atoms with E-state index in [-0.39, 0.29) is 0 Å². The van der Waals surface area contributed by atoms with Crippen molar-refractivity contribution >= 4 is 40.4 Å². The summed E-state index contributed by atoms with van der Waals surface area (Å²) in [5.74, 6) is 1.07. The number of nitrogens with one attached hydrogen (secondary N) is 2. The molecule has 0 atom stereocenters. The first-order chi connectivity index (χ1) is 14.1. The van der Waals surface area contributed by atoms with Gasteiger partial charge in [0.2, 0.25) is 5.95 Å². The third-order valence-electron chi connectivity index (χ3n) is 5.13. The van der Waals surface area contributed by atoms with Gasteiger partial charge in [0.15, 0.2) is 5.82 Å². The van der Waals surface area contributed by atoms with E-state index in [4.69, 9.17) is 11.6 Å². The van der Waals surface area contributed by atoms with Crippen LogP contribution in [-0.2, 0) is 0 Å². The highest BCUT2D eigenvalue weighted by Crippen LogP contribution is 2.27. The Morgan fingerprint density at radius 3 is 2.38 bits per heavy atom. The van der Waals surface area contributed by atoms with Gasteiger partial charge in [0.05, 0.1) is 6.20 Å². The molecule has 7 heteroatoms. The Kier molecular flexibility index (Phi) is 5.83. The van der Waals surface area contributed by atoms with Crippen LogP contribution in [0.1, 0.15) is 5.56 Å². The van der Waals surface area contributed by atoms with Crippen LogP contribution in [0.3, 0.4) is 0 Å². The Labute approximate surface area is 176 Å². The third kappa shape index (κ3) is 4.78. The SMILES string of the molecule is Cc1ccccc1Nc1nc(Nc2ccc(N3CCN(C)CC3)cc2)ncc1Cl. The monoisotopic (exact) mass is 408 g/mol. The van der Waals surface area contributed by atoms with Crippen LogP contribution in [0.5, 0.6) is 0 Å². The highest BCUT2D eigenvalue weighted by atomic mass is 35.5. The number of hydrogen-bond acceptors (Lipinski definition) is 6. The molecule has 0 aliphatic carbocycles. The molecule has 2 heterocycles. The summed E-state index contributed by atoms with van der Waals surface area (Å²) in [6, 6.07) is 16.4. The van der Waals surface area contributed by atoms with Crippen LogP contribution < -0.4 is 15.5 Å². The fraction of sp³-hybridized carbons (Fsp3) is 0.273. The predicted octanol–water partition coefficient (Wildman–Crippen LogP) is 4.68. The van der Waals surface area contributed by atoms with E-state index < -0.39 is 0 Å². The number of benzene rings is 2. The van der Waals surface area contributed by atoms with Gasteiger partial charge in [-0.3, -0.25) is 0 Å². The summed E-state index contributed by atoms with van der Waals surface area (Å²) in [6.45, 7) is 6.33. The first-order valence-corrected chi connectivity index (χ1v) is 10.1. The van der Waals surface area contributed by atoms with Gasteiger partial charge in [0.25, 0.3) is 0 Å². The van der Waals surface area contributed by atoms with E-state index in [2.05, 4.69) is 61.7 Å². The van der Waals surface area contributed by atoms with Crippen molar-refractivity contribution in [3.63, 3.8) is 0 Å². The molecule has 4 rings (SSSR count). The van der Waals surface area contributed by atoms with Crippen LogP contribution in [-0.4, -0.2) is 48.1 Å². The molecule has 0 unspecified atom stereocenters. The van der Waals surface area contributed by atoms with Crippen LogP contribution in [0.2, 0.25) is 5.02 Å². The van der Waals surface area contributed by atoms with Gasteiger partial charge in [-0.05, 0) is 49.9 Å². The minimum Gasteiger partial charge on any atom is -0.369 e. The van der Waals surface area contributed by atoms with Gasteiger partial charge >= 0.3 is 0 Å². The lowest BCUT2D eigenvalue weighted by molar-refractivity contribution is 0.313. The number of nitrogens with zero attached hydrogens (tertiary/aromatic N) is 4. The number of halogens is 1. The van der Waals surface area contributed by atoms with Gasteiger partial charge in [-0.15, -0.1) is 0 Å². The number of rotatable bonds is 5. The molecule has 2 N–H and O–H groups in total. The fourth-order valence-corrected chi connectivity index (χ4v) is 3.44. The fourth-order valence-electron chi connectivity index (χ4n) is 3.31. The molecule has 0 radical (unpaired) electrons. The van der Waals surface area contributed by atoms with E-state index in [0.29, 0.717) is 16.8 Å². The van der Waals surface area contributed by atoms with E-state index >= 15 is 0 Å². The average Bonchev–Trinajstić information content (AvgIpc) is 2.73. The largest absolute Gasteiger partial charge is 0.369 e. The molecule has 1 fully saturated rings. The molecule has 6 nitrogen and oxygen atoms in total. The second-order valence-electron chi connectivity index (χ2n) is 7.29. The lowest BCUT2D eigenvalue weighted by Gasteiger charge is -2.34. The van der Waals surface area contributed by atoms with E-state index in [1.165, 1.54) is 5.69 Å². The van der Waals surface area contributed by atoms with Crippen molar-refractivity contribution in [2.75, 3.05) is 48.8 Å². The molecule has 150 valence electrons. The molecule has 0 saturated carbocycles. The van der Waals surface area contributed by atoms with E-state index in [0.717, 1.165) is 43.1 Å². The Morgan fingerprint density at radius 1 is 0.931 bits per heavy atom. The Hall–Kier alpha value is -2.83. The summed E-state index contributed by atoms with van der Waals surface area (Å²) >= 11 is 6.29. The van der Waals surface area contributed by atoms with Gasteiger partial charge in [-0.1, -0.05) is 29.8 Å². The van der Waals surface area contributed by atoms with Crippen LogP contribution in [0, 0.1) is 6.92 Å². The molecular weight excluding hydrogens is 384 g/mol. The van der Waals surface area contributed by atoms with Crippen LogP contribution in [0.25, 0.3) is 0 Å². The molecule has 1 saturated heterocycles. The van der Waals surface area contributed by atoms with Crippen molar-refractivity contribution < 1.29 is 0 Å². The first-order valence-electron chi connectivity index (χ1n) is 9.74. The maximum atomic E-state index is 6.29. The second kappa shape index (κ2) is 8.68. The quantitative estimate of drug-likeness (QED) is 0.639. The predicted molar refractivity (Wildman–Crippen MR) is 121 cm³/mol. The zero-order chi connectivity index (χ0) is 20.2. The average molecular weight is 409 g/mol. The first kappa shape index (κ1) is 19.5. The van der Waals surface area contributed by atoms with Crippen molar-refractivity contribution in [2.45, 2.75) is 6.92 Å². The summed E-state index contributed by atoms with van der Waals surface area (Å²) in [4.78, 5) is 13.6. The smallest absolute Gasteiger partial charge is 0.229 e. The number of aromatic nitrogens is 2. The topological polar surface area (TPSA) is 56.3 Å². The molecule has 3 aromatic rings. The van der Waals surface area contributed by atoms with Crippen molar-refractivity contribution in [2.24, 2.45) is 0 Å². The van der Waals surface area contributed by atoms with Crippen molar-refractivity contribution in [3.8, 4) is 0 Å². The Bertz CT molecular complexity index is 967. The van der Waals surface area contributed by atoms with Gasteiger partial charge in [0.1, 0.15) is 5.02 Å². The summed E-state index contributed by atoms with van der Waals surface area (Å²) in [5, 5.41) is 7.03. The molecule has 0 spiro atoms. The number of hydrogen-bond donors (Lipinski definition) is 2. The molecule has 0 amide bonds. The number of anilines is 5. The lowest BCUT2D eigenvalue weighted by atomic mass is 10.2. The number of aryl methyl sites for hydroxylation is 1. The van der Waals surface area contributed by atoms with E-state index in [1.807, 2.05) is 31.2 Å². The summed E-state index contributed by atoms with van der Waals surface area (Å²) in [7, 11) is 2.17. The van der Waals surface area contributed by atoms with Crippen molar-refractivity contribution in [1.82, 2.24) is 14.9 Å². The molecule has 1 aliphatic rings. The summed E-state index contributed by atoms with van der Waals surface area (Å²) in [6.07, 6.45) is 1.61. The third-order valence-corrected chi connectivity index (χ3v) is 5.41. The van der Waals surface area contributed by atoms with Gasteiger partial charge in [-0.25, -0.2) is 4.98 Å². The van der Waals surface area contributed by atoms with Crippen molar-refractivity contribution in [3.05, 3.63) is 65.3 Å². The maximum Gasteiger partial charge on any atom is 0.229 e. The van der Waals surface area contributed by atoms with Gasteiger partial charge in [0, 0.05) is 43.2 Å². The Morgan fingerprint density at radius 2 is 1.66 bits per heavy atom. The van der Waals surface area contributed by atoms with E-state index in [9.17, 15) is 0 Å². The maximum absolute atomic E-state index is 6.29. The summed E-state index contributed by atoms with van der Waals surface area (Å²) < 4.78 is 0. The van der Waals surface area contributed by atoms with Gasteiger partial charge < -0.3 is 20.4 Å². The molecule has 2 aromatic carbocycles. The molecule has 0 bridgehead atoms. The highest BCUT2D eigenvalue weighted by Gasteiger charge is 2.14. The minimum atomic E-state index is 0.476. The van der Waals surface area contributed by atoms with Crippen LogP contribution >= 0.6 is 11.6 Å². The molecular formula is C22H25ClN6. The summed E-state index contributed by atoms with van der Waals surface area (Å²) in [5.41, 5.74) is 4.27. The second-order valence-corrected chi connectivity index (χ2v) is 7.70. The van der Waals surface area contributed by atoms with Crippen LogP contribution in [0.4, 0.5) is 28.8 Å². The van der Waals surface area contributed by atoms with Crippen molar-refractivity contribution in [1.29, 1.82) is 0 Å². The molecule has 1 aromatic heterocycles. The normalized spacial score (nSPS) is 14.7. The van der Waals surface area contributed by atoms with E-state index in [1.54, 1.807) is 6.20 Å². The highest BCUT2D eigenvalue weighted by molar-refractivity contribution is 6.32. The van der Waals surface area contributed by atoms with Crippen LogP contribution in [0.15, 0.2) is 54.7 Å². The minimum absolute atomic E-state index is 0.476. The Balaban J connectivity index is 1.46. The van der Waals surface area contributed by atoms with Gasteiger partial charge in [-0.2, -0.15) is 4.98 Å².